The number of nitrogens with one attached hydrogen (secondary N) is 1. The van der Waals surface area contributed by atoms with Crippen LogP contribution in [0.5, 0.6) is 0 Å². The number of fused-ring (bicyclic) bond motifs is 1. The molecule has 0 unspecified atom stereocenters. The fourth-order valence-corrected chi connectivity index (χ4v) is 5.00. The average molecular weight is 409 g/mol. The Morgan fingerprint density at radius 3 is 2.77 bits per heavy atom. The molecule has 1 fully saturated rings. The van der Waals surface area contributed by atoms with Gasteiger partial charge in [0.2, 0.25) is 5.91 Å². The summed E-state index contributed by atoms with van der Waals surface area (Å²) in [5.74, 6) is 0.0166. The summed E-state index contributed by atoms with van der Waals surface area (Å²) >= 11 is 7.24. The SMILES string of the molecule is O=C1CCCN1c1ccc(NS(=O)(=O)c2cccc3nsnc23)cc1Cl. The number of hydrogen-bond acceptors (Lipinski definition) is 6. The van der Waals surface area contributed by atoms with Gasteiger partial charge in [-0.3, -0.25) is 9.52 Å². The molecule has 1 saturated heterocycles. The maximum Gasteiger partial charge on any atom is 0.264 e. The topological polar surface area (TPSA) is 92.3 Å². The molecule has 0 atom stereocenters. The second kappa shape index (κ2) is 6.49. The Morgan fingerprint density at radius 1 is 1.19 bits per heavy atom. The van der Waals surface area contributed by atoms with Crippen molar-refractivity contribution < 1.29 is 13.2 Å². The summed E-state index contributed by atoms with van der Waals surface area (Å²) in [6.07, 6.45) is 1.28. The number of sulfonamides is 1. The lowest BCUT2D eigenvalue weighted by Gasteiger charge is -2.18. The molecule has 26 heavy (non-hydrogen) atoms. The highest BCUT2D eigenvalue weighted by Gasteiger charge is 2.24. The lowest BCUT2D eigenvalue weighted by molar-refractivity contribution is -0.117. The molecule has 1 amide bonds. The fraction of sp³-hybridized carbons (Fsp3) is 0.188. The van der Waals surface area contributed by atoms with E-state index in [0.29, 0.717) is 40.4 Å². The molecule has 1 aliphatic rings. The summed E-state index contributed by atoms with van der Waals surface area (Å²) < 4.78 is 36.1. The summed E-state index contributed by atoms with van der Waals surface area (Å²) in [5, 5.41) is 0.314. The summed E-state index contributed by atoms with van der Waals surface area (Å²) in [5.41, 5.74) is 1.75. The van der Waals surface area contributed by atoms with Gasteiger partial charge in [-0.1, -0.05) is 17.7 Å². The molecule has 0 bridgehead atoms. The number of benzene rings is 2. The van der Waals surface area contributed by atoms with E-state index in [1.807, 2.05) is 0 Å². The molecule has 2 aromatic carbocycles. The Labute approximate surface area is 159 Å². The number of carbonyl (C=O) groups excluding carboxylic acids is 1. The fourth-order valence-electron chi connectivity index (χ4n) is 2.90. The van der Waals surface area contributed by atoms with Crippen molar-refractivity contribution in [1.82, 2.24) is 8.75 Å². The predicted molar refractivity (Wildman–Crippen MR) is 101 cm³/mol. The number of rotatable bonds is 4. The van der Waals surface area contributed by atoms with Crippen molar-refractivity contribution in [2.24, 2.45) is 0 Å². The van der Waals surface area contributed by atoms with Gasteiger partial charge < -0.3 is 4.90 Å². The number of halogens is 1. The summed E-state index contributed by atoms with van der Waals surface area (Å²) in [6.45, 7) is 0.614. The van der Waals surface area contributed by atoms with Crippen LogP contribution in [0.3, 0.4) is 0 Å². The lowest BCUT2D eigenvalue weighted by Crippen LogP contribution is -2.24. The van der Waals surface area contributed by atoms with E-state index in [2.05, 4.69) is 13.5 Å². The van der Waals surface area contributed by atoms with E-state index >= 15 is 0 Å². The number of carbonyl (C=O) groups is 1. The van der Waals surface area contributed by atoms with E-state index in [-0.39, 0.29) is 10.8 Å². The Hall–Kier alpha value is -2.23. The van der Waals surface area contributed by atoms with Crippen LogP contribution < -0.4 is 9.62 Å². The van der Waals surface area contributed by atoms with Crippen molar-refractivity contribution in [2.45, 2.75) is 17.7 Å². The van der Waals surface area contributed by atoms with Crippen molar-refractivity contribution in [1.29, 1.82) is 0 Å². The Bertz CT molecular complexity index is 1110. The largest absolute Gasteiger partial charge is 0.311 e. The van der Waals surface area contributed by atoms with Crippen LogP contribution in [0.15, 0.2) is 41.3 Å². The molecule has 0 radical (unpaired) electrons. The smallest absolute Gasteiger partial charge is 0.264 e. The highest BCUT2D eigenvalue weighted by Crippen LogP contribution is 2.32. The first-order valence-corrected chi connectivity index (χ1v) is 10.4. The van der Waals surface area contributed by atoms with Gasteiger partial charge in [0.05, 0.1) is 28.1 Å². The zero-order valence-corrected chi connectivity index (χ0v) is 15.7. The first-order chi connectivity index (χ1) is 12.5. The van der Waals surface area contributed by atoms with Gasteiger partial charge in [0.25, 0.3) is 10.0 Å². The van der Waals surface area contributed by atoms with E-state index < -0.39 is 10.0 Å². The monoisotopic (exact) mass is 408 g/mol. The van der Waals surface area contributed by atoms with Crippen LogP contribution in [0.2, 0.25) is 5.02 Å². The zero-order valence-electron chi connectivity index (χ0n) is 13.3. The molecular formula is C16H13ClN4O3S2. The highest BCUT2D eigenvalue weighted by molar-refractivity contribution is 7.93. The third-order valence-corrected chi connectivity index (χ3v) is 6.36. The van der Waals surface area contributed by atoms with Crippen molar-refractivity contribution in [3.63, 3.8) is 0 Å². The minimum Gasteiger partial charge on any atom is -0.311 e. The van der Waals surface area contributed by atoms with Crippen LogP contribution in [-0.2, 0) is 14.8 Å². The zero-order chi connectivity index (χ0) is 18.3. The van der Waals surface area contributed by atoms with Crippen molar-refractivity contribution in [3.05, 3.63) is 41.4 Å². The minimum absolute atomic E-state index is 0.0166. The number of hydrogen-bond donors (Lipinski definition) is 1. The number of aromatic nitrogens is 2. The number of nitrogens with zero attached hydrogens (tertiary/aromatic N) is 3. The van der Waals surface area contributed by atoms with E-state index in [4.69, 9.17) is 11.6 Å². The van der Waals surface area contributed by atoms with Crippen LogP contribution in [0.1, 0.15) is 12.8 Å². The molecule has 3 aromatic rings. The highest BCUT2D eigenvalue weighted by atomic mass is 35.5. The molecule has 10 heteroatoms. The van der Waals surface area contributed by atoms with Gasteiger partial charge in [-0.2, -0.15) is 8.75 Å². The first-order valence-electron chi connectivity index (χ1n) is 7.80. The van der Waals surface area contributed by atoms with Crippen molar-refractivity contribution in [2.75, 3.05) is 16.2 Å². The van der Waals surface area contributed by atoms with Gasteiger partial charge in [0.15, 0.2) is 0 Å². The molecule has 1 N–H and O–H groups in total. The van der Waals surface area contributed by atoms with Crippen LogP contribution in [0.4, 0.5) is 11.4 Å². The van der Waals surface area contributed by atoms with E-state index in [1.165, 1.54) is 12.1 Å². The van der Waals surface area contributed by atoms with E-state index in [9.17, 15) is 13.2 Å². The predicted octanol–water partition coefficient (Wildman–Crippen LogP) is 3.27. The normalized spacial score (nSPS) is 15.0. The van der Waals surface area contributed by atoms with Gasteiger partial charge in [-0.05, 0) is 36.8 Å². The van der Waals surface area contributed by atoms with Gasteiger partial charge >= 0.3 is 0 Å². The van der Waals surface area contributed by atoms with Crippen LogP contribution in [-0.4, -0.2) is 29.6 Å². The molecule has 7 nitrogen and oxygen atoms in total. The van der Waals surface area contributed by atoms with Gasteiger partial charge in [-0.15, -0.1) is 0 Å². The van der Waals surface area contributed by atoms with Gasteiger partial charge in [0, 0.05) is 13.0 Å². The maximum absolute atomic E-state index is 12.7. The quantitative estimate of drug-likeness (QED) is 0.715. The maximum atomic E-state index is 12.7. The van der Waals surface area contributed by atoms with Gasteiger partial charge in [0.1, 0.15) is 15.9 Å². The minimum atomic E-state index is -3.85. The van der Waals surface area contributed by atoms with Crippen molar-refractivity contribution >= 4 is 61.7 Å². The third kappa shape index (κ3) is 3.02. The van der Waals surface area contributed by atoms with Crippen LogP contribution in [0, 0.1) is 0 Å². The Morgan fingerprint density at radius 2 is 2.04 bits per heavy atom. The average Bonchev–Trinajstić information content (AvgIpc) is 3.23. The second-order valence-corrected chi connectivity index (χ2v) is 8.40. The van der Waals surface area contributed by atoms with Gasteiger partial charge in [-0.25, -0.2) is 8.42 Å². The molecular weight excluding hydrogens is 396 g/mol. The number of amides is 1. The van der Waals surface area contributed by atoms with E-state index in [1.54, 1.807) is 29.2 Å². The van der Waals surface area contributed by atoms with Crippen LogP contribution in [0.25, 0.3) is 11.0 Å². The second-order valence-electron chi connectivity index (χ2n) is 5.81. The summed E-state index contributed by atoms with van der Waals surface area (Å²) in [6, 6.07) is 9.53. The molecule has 0 saturated carbocycles. The molecule has 0 aliphatic carbocycles. The molecule has 2 heterocycles. The third-order valence-electron chi connectivity index (χ3n) is 4.10. The summed E-state index contributed by atoms with van der Waals surface area (Å²) in [7, 11) is -3.85. The lowest BCUT2D eigenvalue weighted by atomic mass is 10.2. The van der Waals surface area contributed by atoms with Crippen molar-refractivity contribution in [3.8, 4) is 0 Å². The molecule has 4 rings (SSSR count). The molecule has 0 spiro atoms. The van der Waals surface area contributed by atoms with Crippen LogP contribution >= 0.6 is 23.3 Å². The molecule has 1 aromatic heterocycles. The Balaban J connectivity index is 1.65. The summed E-state index contributed by atoms with van der Waals surface area (Å²) in [4.78, 5) is 13.5. The Kier molecular flexibility index (Phi) is 4.29. The molecule has 134 valence electrons. The van der Waals surface area contributed by atoms with E-state index in [0.717, 1.165) is 18.1 Å². The standard InChI is InChI=1S/C16H13ClN4O3S2/c17-11-9-10(6-7-13(11)21-8-2-5-15(21)22)20-26(23,24)14-4-1-3-12-16(14)19-25-18-12/h1,3-4,6-7,9,20H,2,5,8H2. The number of anilines is 2. The molecule has 1 aliphatic heterocycles. The first kappa shape index (κ1) is 17.2.